The standard InChI is InChI=1S/C16H29N5OS.HI/c1-12-13(2)23-15(20-12)11-19-16(17-3)18-10-14-6-5-7-21(14)8-9-22-4;/h14H,5-11H2,1-4H3,(H2,17,18,19);1H. The Morgan fingerprint density at radius 2 is 2.21 bits per heavy atom. The lowest BCUT2D eigenvalue weighted by atomic mass is 10.2. The van der Waals surface area contributed by atoms with Crippen molar-refractivity contribution >= 4 is 41.3 Å². The molecule has 2 rings (SSSR count). The monoisotopic (exact) mass is 467 g/mol. The number of aliphatic imine (C=N–C) groups is 1. The average molecular weight is 467 g/mol. The van der Waals surface area contributed by atoms with Gasteiger partial charge in [0, 0.05) is 38.2 Å². The van der Waals surface area contributed by atoms with E-state index in [1.54, 1.807) is 18.4 Å². The van der Waals surface area contributed by atoms with Crippen molar-refractivity contribution in [3.05, 3.63) is 15.6 Å². The third kappa shape index (κ3) is 6.45. The van der Waals surface area contributed by atoms with Crippen molar-refractivity contribution < 1.29 is 4.74 Å². The van der Waals surface area contributed by atoms with Crippen LogP contribution < -0.4 is 10.6 Å². The molecule has 0 aliphatic carbocycles. The van der Waals surface area contributed by atoms with E-state index < -0.39 is 0 Å². The maximum atomic E-state index is 5.19. The molecule has 0 radical (unpaired) electrons. The van der Waals surface area contributed by atoms with Crippen LogP contribution in [0.4, 0.5) is 0 Å². The van der Waals surface area contributed by atoms with Crippen molar-refractivity contribution in [1.82, 2.24) is 20.5 Å². The first-order valence-electron chi connectivity index (χ1n) is 8.24. The van der Waals surface area contributed by atoms with Crippen molar-refractivity contribution in [3.8, 4) is 0 Å². The molecule has 138 valence electrons. The van der Waals surface area contributed by atoms with E-state index in [9.17, 15) is 0 Å². The molecule has 1 saturated heterocycles. The second-order valence-electron chi connectivity index (χ2n) is 5.88. The number of nitrogens with one attached hydrogen (secondary N) is 2. The van der Waals surface area contributed by atoms with E-state index in [1.807, 2.05) is 7.05 Å². The topological polar surface area (TPSA) is 61.8 Å². The number of halogens is 1. The summed E-state index contributed by atoms with van der Waals surface area (Å²) in [6, 6.07) is 0.563. The fourth-order valence-corrected chi connectivity index (χ4v) is 3.71. The van der Waals surface area contributed by atoms with Crippen LogP contribution in [0.25, 0.3) is 0 Å². The van der Waals surface area contributed by atoms with E-state index >= 15 is 0 Å². The summed E-state index contributed by atoms with van der Waals surface area (Å²) in [5.74, 6) is 0.842. The molecule has 2 heterocycles. The van der Waals surface area contributed by atoms with Crippen LogP contribution >= 0.6 is 35.3 Å². The predicted molar refractivity (Wildman–Crippen MR) is 112 cm³/mol. The molecule has 24 heavy (non-hydrogen) atoms. The smallest absolute Gasteiger partial charge is 0.191 e. The molecule has 1 aliphatic rings. The van der Waals surface area contributed by atoms with E-state index in [1.165, 1.54) is 24.3 Å². The Kier molecular flexibility index (Phi) is 10.1. The Hall–Kier alpha value is -0.450. The molecule has 0 bridgehead atoms. The SMILES string of the molecule is CN=C(NCc1nc(C)c(C)s1)NCC1CCCN1CCOC.I. The molecule has 0 spiro atoms. The molecule has 2 N–H and O–H groups in total. The molecule has 1 aromatic heterocycles. The van der Waals surface area contributed by atoms with Crippen LogP contribution in [0.1, 0.15) is 28.4 Å². The zero-order chi connectivity index (χ0) is 16.7. The first-order valence-corrected chi connectivity index (χ1v) is 9.06. The molecule has 6 nitrogen and oxygen atoms in total. The second kappa shape index (κ2) is 11.2. The average Bonchev–Trinajstić information content (AvgIpc) is 3.12. The van der Waals surface area contributed by atoms with E-state index in [0.29, 0.717) is 6.04 Å². The van der Waals surface area contributed by atoms with Crippen molar-refractivity contribution in [1.29, 1.82) is 0 Å². The van der Waals surface area contributed by atoms with Crippen LogP contribution in [0.2, 0.25) is 0 Å². The number of hydrogen-bond acceptors (Lipinski definition) is 5. The van der Waals surface area contributed by atoms with Gasteiger partial charge in [-0.1, -0.05) is 0 Å². The van der Waals surface area contributed by atoms with Gasteiger partial charge in [-0.25, -0.2) is 4.98 Å². The van der Waals surface area contributed by atoms with Crippen LogP contribution in [-0.4, -0.2) is 62.3 Å². The highest BCUT2D eigenvalue weighted by molar-refractivity contribution is 14.0. The number of rotatable bonds is 7. The summed E-state index contributed by atoms with van der Waals surface area (Å²) in [5, 5.41) is 7.90. The van der Waals surface area contributed by atoms with E-state index in [2.05, 4.69) is 39.4 Å². The van der Waals surface area contributed by atoms with Crippen LogP contribution in [0.3, 0.4) is 0 Å². The minimum Gasteiger partial charge on any atom is -0.383 e. The third-order valence-corrected chi connectivity index (χ3v) is 5.36. The Morgan fingerprint density at radius 1 is 1.42 bits per heavy atom. The minimum absolute atomic E-state index is 0. The van der Waals surface area contributed by atoms with Crippen LogP contribution in [0.5, 0.6) is 0 Å². The lowest BCUT2D eigenvalue weighted by molar-refractivity contribution is 0.141. The molecular weight excluding hydrogens is 437 g/mol. The van der Waals surface area contributed by atoms with Crippen LogP contribution in [-0.2, 0) is 11.3 Å². The van der Waals surface area contributed by atoms with Gasteiger partial charge in [0.2, 0.25) is 0 Å². The number of hydrogen-bond donors (Lipinski definition) is 2. The maximum Gasteiger partial charge on any atom is 0.191 e. The summed E-state index contributed by atoms with van der Waals surface area (Å²) in [6.45, 7) is 8.77. The maximum absolute atomic E-state index is 5.19. The van der Waals surface area contributed by atoms with Gasteiger partial charge in [0.05, 0.1) is 18.8 Å². The highest BCUT2D eigenvalue weighted by Crippen LogP contribution is 2.17. The minimum atomic E-state index is 0. The van der Waals surface area contributed by atoms with Crippen molar-refractivity contribution in [3.63, 3.8) is 0 Å². The molecule has 0 aromatic carbocycles. The fourth-order valence-electron chi connectivity index (χ4n) is 2.84. The molecule has 0 amide bonds. The number of methoxy groups -OCH3 is 1. The largest absolute Gasteiger partial charge is 0.383 e. The Labute approximate surface area is 166 Å². The first kappa shape index (κ1) is 21.6. The van der Waals surface area contributed by atoms with E-state index in [-0.39, 0.29) is 24.0 Å². The molecule has 1 atom stereocenters. The van der Waals surface area contributed by atoms with Crippen LogP contribution in [0.15, 0.2) is 4.99 Å². The highest BCUT2D eigenvalue weighted by Gasteiger charge is 2.23. The molecule has 1 aromatic rings. The van der Waals surface area contributed by atoms with Gasteiger partial charge < -0.3 is 15.4 Å². The Morgan fingerprint density at radius 3 is 2.83 bits per heavy atom. The van der Waals surface area contributed by atoms with Crippen LogP contribution in [0, 0.1) is 13.8 Å². The van der Waals surface area contributed by atoms with Crippen molar-refractivity contribution in [2.45, 2.75) is 39.3 Å². The van der Waals surface area contributed by atoms with Crippen molar-refractivity contribution in [2.75, 3.05) is 40.4 Å². The fraction of sp³-hybridized carbons (Fsp3) is 0.750. The van der Waals surface area contributed by atoms with Gasteiger partial charge in [0.25, 0.3) is 0 Å². The first-order chi connectivity index (χ1) is 11.1. The molecular formula is C16H30IN5OS. The van der Waals surface area contributed by atoms with Gasteiger partial charge in [-0.05, 0) is 33.2 Å². The zero-order valence-electron chi connectivity index (χ0n) is 15.1. The van der Waals surface area contributed by atoms with Gasteiger partial charge in [-0.15, -0.1) is 35.3 Å². The lowest BCUT2D eigenvalue weighted by Gasteiger charge is -2.25. The number of nitrogens with zero attached hydrogens (tertiary/aromatic N) is 3. The predicted octanol–water partition coefficient (Wildman–Crippen LogP) is 2.15. The second-order valence-corrected chi connectivity index (χ2v) is 7.17. The molecule has 1 unspecified atom stereocenters. The number of guanidine groups is 1. The number of aryl methyl sites for hydroxylation is 2. The number of likely N-dealkylation sites (tertiary alicyclic amines) is 1. The summed E-state index contributed by atoms with van der Waals surface area (Å²) in [7, 11) is 3.57. The molecule has 1 aliphatic heterocycles. The summed E-state index contributed by atoms with van der Waals surface area (Å²) in [6.07, 6.45) is 2.50. The molecule has 8 heteroatoms. The van der Waals surface area contributed by atoms with Gasteiger partial charge in [-0.2, -0.15) is 0 Å². The van der Waals surface area contributed by atoms with Gasteiger partial charge in [0.15, 0.2) is 5.96 Å². The highest BCUT2D eigenvalue weighted by atomic mass is 127. The molecule has 0 saturated carbocycles. The quantitative estimate of drug-likeness (QED) is 0.366. The summed E-state index contributed by atoms with van der Waals surface area (Å²) >= 11 is 1.74. The number of ether oxygens (including phenoxy) is 1. The number of thiazole rings is 1. The Balaban J connectivity index is 0.00000288. The molecule has 1 fully saturated rings. The lowest BCUT2D eigenvalue weighted by Crippen LogP contribution is -2.45. The van der Waals surface area contributed by atoms with Crippen molar-refractivity contribution in [2.24, 2.45) is 4.99 Å². The zero-order valence-corrected chi connectivity index (χ0v) is 18.2. The van der Waals surface area contributed by atoms with Gasteiger partial charge in [0.1, 0.15) is 5.01 Å². The number of aromatic nitrogens is 1. The van der Waals surface area contributed by atoms with E-state index in [4.69, 9.17) is 4.74 Å². The van der Waals surface area contributed by atoms with Gasteiger partial charge >= 0.3 is 0 Å². The third-order valence-electron chi connectivity index (χ3n) is 4.29. The summed E-state index contributed by atoms with van der Waals surface area (Å²) < 4.78 is 5.19. The van der Waals surface area contributed by atoms with E-state index in [0.717, 1.165) is 42.9 Å². The summed E-state index contributed by atoms with van der Waals surface area (Å²) in [5.41, 5.74) is 1.12. The van der Waals surface area contributed by atoms with Gasteiger partial charge in [-0.3, -0.25) is 9.89 Å². The summed E-state index contributed by atoms with van der Waals surface area (Å²) in [4.78, 5) is 12.6. The normalized spacial score (nSPS) is 18.5. The Bertz CT molecular complexity index is 503.